The highest BCUT2D eigenvalue weighted by atomic mass is 79.9. The molecule has 1 saturated heterocycles. The van der Waals surface area contributed by atoms with Gasteiger partial charge in [-0.25, -0.2) is 9.97 Å². The van der Waals surface area contributed by atoms with E-state index < -0.39 is 0 Å². The lowest BCUT2D eigenvalue weighted by atomic mass is 10.2. The number of halogens is 2. The first kappa shape index (κ1) is 12.7. The molecule has 0 spiro atoms. The summed E-state index contributed by atoms with van der Waals surface area (Å²) in [6.07, 6.45) is 4.46. The lowest BCUT2D eigenvalue weighted by Gasteiger charge is -2.11. The summed E-state index contributed by atoms with van der Waals surface area (Å²) in [4.78, 5) is 9.03. The van der Waals surface area contributed by atoms with Crippen LogP contribution in [0, 0.1) is 0 Å². The van der Waals surface area contributed by atoms with Crippen LogP contribution in [0.25, 0.3) is 0 Å². The molecule has 1 aromatic heterocycles. The predicted octanol–water partition coefficient (Wildman–Crippen LogP) is 4.41. The summed E-state index contributed by atoms with van der Waals surface area (Å²) >= 11 is 11.5. The van der Waals surface area contributed by atoms with Gasteiger partial charge in [0, 0.05) is 0 Å². The highest BCUT2D eigenvalue weighted by molar-refractivity contribution is 9.10. The van der Waals surface area contributed by atoms with Crippen molar-refractivity contribution < 1.29 is 0 Å². The molecule has 2 rings (SSSR count). The van der Waals surface area contributed by atoms with Crippen molar-refractivity contribution in [2.75, 3.05) is 5.75 Å². The molecule has 0 amide bonds. The van der Waals surface area contributed by atoms with E-state index in [1.807, 2.05) is 11.8 Å². The third-order valence-electron chi connectivity index (χ3n) is 2.60. The lowest BCUT2D eigenvalue weighted by Crippen LogP contribution is -2.03. The molecular weight excluding hydrogens is 308 g/mol. The van der Waals surface area contributed by atoms with Crippen molar-refractivity contribution in [3.05, 3.63) is 21.1 Å². The van der Waals surface area contributed by atoms with E-state index >= 15 is 0 Å². The summed E-state index contributed by atoms with van der Waals surface area (Å²) in [5.41, 5.74) is 1.05. The van der Waals surface area contributed by atoms with Gasteiger partial charge in [-0.05, 0) is 40.9 Å². The predicted molar refractivity (Wildman–Crippen MR) is 73.2 cm³/mol. The molecule has 1 aromatic rings. The molecule has 1 atom stereocenters. The number of aromatic nitrogens is 2. The number of hydrogen-bond donors (Lipinski definition) is 0. The Kier molecular flexibility index (Phi) is 4.50. The first-order valence-electron chi connectivity index (χ1n) is 5.55. The van der Waals surface area contributed by atoms with E-state index in [4.69, 9.17) is 11.6 Å². The summed E-state index contributed by atoms with van der Waals surface area (Å²) in [6.45, 7) is 2.15. The van der Waals surface area contributed by atoms with Crippen LogP contribution >= 0.6 is 39.3 Å². The maximum Gasteiger partial charge on any atom is 0.147 e. The molecule has 1 unspecified atom stereocenters. The van der Waals surface area contributed by atoms with Crippen molar-refractivity contribution in [2.45, 2.75) is 37.9 Å². The summed E-state index contributed by atoms with van der Waals surface area (Å²) in [7, 11) is 0. The number of hydrogen-bond acceptors (Lipinski definition) is 3. The molecule has 0 radical (unpaired) electrons. The third-order valence-corrected chi connectivity index (χ3v) is 5.31. The van der Waals surface area contributed by atoms with Gasteiger partial charge in [0.05, 0.1) is 15.4 Å². The lowest BCUT2D eigenvalue weighted by molar-refractivity contribution is 0.754. The van der Waals surface area contributed by atoms with Crippen molar-refractivity contribution in [1.29, 1.82) is 0 Å². The van der Waals surface area contributed by atoms with Crippen LogP contribution in [0.4, 0.5) is 0 Å². The Morgan fingerprint density at radius 1 is 1.50 bits per heavy atom. The molecule has 5 heteroatoms. The molecule has 2 heterocycles. The first-order valence-corrected chi connectivity index (χ1v) is 7.77. The molecule has 1 aliphatic heterocycles. The highest BCUT2D eigenvalue weighted by Gasteiger charge is 2.22. The van der Waals surface area contributed by atoms with Crippen LogP contribution in [0.5, 0.6) is 0 Å². The summed E-state index contributed by atoms with van der Waals surface area (Å²) in [5, 5.41) is 1.00. The minimum atomic E-state index is 0.446. The van der Waals surface area contributed by atoms with Crippen LogP contribution < -0.4 is 0 Å². The molecule has 1 aliphatic rings. The van der Waals surface area contributed by atoms with E-state index in [9.17, 15) is 0 Å². The summed E-state index contributed by atoms with van der Waals surface area (Å²) in [6, 6.07) is 0. The largest absolute Gasteiger partial charge is 0.235 e. The Labute approximate surface area is 114 Å². The molecule has 1 fully saturated rings. The van der Waals surface area contributed by atoms with E-state index in [2.05, 4.69) is 32.8 Å². The van der Waals surface area contributed by atoms with E-state index in [-0.39, 0.29) is 0 Å². The maximum absolute atomic E-state index is 6.13. The zero-order valence-electron chi connectivity index (χ0n) is 9.17. The minimum Gasteiger partial charge on any atom is -0.235 e. The number of rotatable bonds is 3. The van der Waals surface area contributed by atoms with E-state index in [0.29, 0.717) is 10.4 Å². The minimum absolute atomic E-state index is 0.446. The van der Waals surface area contributed by atoms with Gasteiger partial charge in [0.25, 0.3) is 0 Å². The van der Waals surface area contributed by atoms with Gasteiger partial charge in [-0.2, -0.15) is 11.8 Å². The average molecular weight is 322 g/mol. The highest BCUT2D eigenvalue weighted by Crippen LogP contribution is 2.39. The van der Waals surface area contributed by atoms with Crippen LogP contribution in [0.2, 0.25) is 5.15 Å². The molecule has 0 aliphatic carbocycles. The average Bonchev–Trinajstić information content (AvgIpc) is 2.78. The zero-order chi connectivity index (χ0) is 11.5. The molecule has 0 bridgehead atoms. The van der Waals surface area contributed by atoms with Crippen molar-refractivity contribution >= 4 is 39.3 Å². The normalized spacial score (nSPS) is 20.3. The van der Waals surface area contributed by atoms with E-state index in [0.717, 1.165) is 28.8 Å². The van der Waals surface area contributed by atoms with Crippen molar-refractivity contribution in [1.82, 2.24) is 9.97 Å². The van der Waals surface area contributed by atoms with Crippen LogP contribution in [0.15, 0.2) is 4.47 Å². The van der Waals surface area contributed by atoms with Gasteiger partial charge < -0.3 is 0 Å². The number of aryl methyl sites for hydroxylation is 1. The quantitative estimate of drug-likeness (QED) is 0.771. The van der Waals surface area contributed by atoms with Gasteiger partial charge in [-0.1, -0.05) is 24.9 Å². The van der Waals surface area contributed by atoms with Gasteiger partial charge in [0.1, 0.15) is 11.0 Å². The standard InChI is InChI=1S/C11H14BrClN2S/c1-2-4-7-9(12)10(13)15-11(14-7)8-5-3-6-16-8/h8H,2-6H2,1H3. The smallest absolute Gasteiger partial charge is 0.147 e. The zero-order valence-corrected chi connectivity index (χ0v) is 12.3. The fourth-order valence-corrected chi connectivity index (χ4v) is 3.59. The van der Waals surface area contributed by atoms with Crippen molar-refractivity contribution in [3.8, 4) is 0 Å². The molecule has 0 aromatic carbocycles. The van der Waals surface area contributed by atoms with Crippen molar-refractivity contribution in [2.24, 2.45) is 0 Å². The molecule has 0 N–H and O–H groups in total. The maximum atomic E-state index is 6.13. The van der Waals surface area contributed by atoms with Crippen molar-refractivity contribution in [3.63, 3.8) is 0 Å². The fourth-order valence-electron chi connectivity index (χ4n) is 1.81. The number of thioether (sulfide) groups is 1. The third kappa shape index (κ3) is 2.71. The van der Waals surface area contributed by atoms with Gasteiger partial charge in [-0.15, -0.1) is 0 Å². The Morgan fingerprint density at radius 2 is 2.31 bits per heavy atom. The molecule has 16 heavy (non-hydrogen) atoms. The Hall–Kier alpha value is 0.200. The van der Waals surface area contributed by atoms with Crippen LogP contribution in [-0.2, 0) is 6.42 Å². The van der Waals surface area contributed by atoms with Gasteiger partial charge in [-0.3, -0.25) is 0 Å². The Morgan fingerprint density at radius 3 is 2.94 bits per heavy atom. The molecule has 0 saturated carbocycles. The van der Waals surface area contributed by atoms with E-state index in [1.165, 1.54) is 18.6 Å². The second-order valence-electron chi connectivity index (χ2n) is 3.88. The summed E-state index contributed by atoms with van der Waals surface area (Å²) in [5.74, 6) is 2.13. The SMILES string of the molecule is CCCc1nc(C2CCCS2)nc(Cl)c1Br. The van der Waals surface area contributed by atoms with Gasteiger partial charge in [0.15, 0.2) is 0 Å². The monoisotopic (exact) mass is 320 g/mol. The molecule has 2 nitrogen and oxygen atoms in total. The number of nitrogens with zero attached hydrogens (tertiary/aromatic N) is 2. The van der Waals surface area contributed by atoms with Crippen LogP contribution in [0.3, 0.4) is 0 Å². The van der Waals surface area contributed by atoms with E-state index in [1.54, 1.807) is 0 Å². The molecular formula is C11H14BrClN2S. The molecule has 88 valence electrons. The van der Waals surface area contributed by atoms with Gasteiger partial charge >= 0.3 is 0 Å². The second kappa shape index (κ2) is 5.69. The summed E-state index contributed by atoms with van der Waals surface area (Å²) < 4.78 is 0.864. The van der Waals surface area contributed by atoms with Crippen LogP contribution in [0.1, 0.15) is 43.0 Å². The Balaban J connectivity index is 2.31. The topological polar surface area (TPSA) is 25.8 Å². The Bertz CT molecular complexity index is 380. The van der Waals surface area contributed by atoms with Crippen LogP contribution in [-0.4, -0.2) is 15.7 Å². The fraction of sp³-hybridized carbons (Fsp3) is 0.636. The van der Waals surface area contributed by atoms with Gasteiger partial charge in [0.2, 0.25) is 0 Å². The first-order chi connectivity index (χ1) is 7.72. The second-order valence-corrected chi connectivity index (χ2v) is 6.35.